The van der Waals surface area contributed by atoms with Gasteiger partial charge in [0.15, 0.2) is 0 Å². The Morgan fingerprint density at radius 2 is 1.90 bits per heavy atom. The van der Waals surface area contributed by atoms with Crippen molar-refractivity contribution in [2.24, 2.45) is 0 Å². The van der Waals surface area contributed by atoms with Crippen LogP contribution < -0.4 is 5.32 Å². The van der Waals surface area contributed by atoms with E-state index in [2.05, 4.69) is 22.8 Å². The summed E-state index contributed by atoms with van der Waals surface area (Å²) < 4.78 is 0. The van der Waals surface area contributed by atoms with Crippen LogP contribution in [0, 0.1) is 0 Å². The van der Waals surface area contributed by atoms with E-state index in [1.54, 1.807) is 11.3 Å². The van der Waals surface area contributed by atoms with Crippen LogP contribution in [0.4, 0.5) is 5.69 Å². The van der Waals surface area contributed by atoms with Crippen molar-refractivity contribution in [3.05, 3.63) is 59.5 Å². The third-order valence-corrected chi connectivity index (χ3v) is 4.45. The van der Waals surface area contributed by atoms with Gasteiger partial charge >= 0.3 is 0 Å². The number of aromatic nitrogens is 1. The largest absolute Gasteiger partial charge is 0.326 e. The fourth-order valence-corrected chi connectivity index (χ4v) is 3.33. The third kappa shape index (κ3) is 2.23. The molecule has 0 bridgehead atoms. The van der Waals surface area contributed by atoms with Gasteiger partial charge in [0.1, 0.15) is 5.01 Å². The summed E-state index contributed by atoms with van der Waals surface area (Å²) >= 11 is 1.63. The Hall–Kier alpha value is -2.46. The lowest BCUT2D eigenvalue weighted by Crippen LogP contribution is -2.03. The van der Waals surface area contributed by atoms with Gasteiger partial charge in [-0.15, -0.1) is 11.3 Å². The number of anilines is 1. The predicted molar refractivity (Wildman–Crippen MR) is 85.3 cm³/mol. The molecule has 102 valence electrons. The molecule has 21 heavy (non-hydrogen) atoms. The Morgan fingerprint density at radius 1 is 1.05 bits per heavy atom. The maximum absolute atomic E-state index is 11.4. The lowest BCUT2D eigenvalue weighted by Gasteiger charge is -2.01. The van der Waals surface area contributed by atoms with Crippen molar-refractivity contribution in [1.29, 1.82) is 0 Å². The number of thiazole rings is 1. The molecule has 1 aliphatic rings. The highest BCUT2D eigenvalue weighted by Gasteiger charge is 2.18. The molecular formula is C17H12N2OS. The number of fused-ring (bicyclic) bond motifs is 1. The number of nitrogens with zero attached hydrogens (tertiary/aromatic N) is 1. The number of hydrogen-bond acceptors (Lipinski definition) is 3. The van der Waals surface area contributed by atoms with Crippen molar-refractivity contribution in [3.63, 3.8) is 0 Å². The summed E-state index contributed by atoms with van der Waals surface area (Å²) in [7, 11) is 0. The summed E-state index contributed by atoms with van der Waals surface area (Å²) in [5, 5.41) is 5.95. The molecule has 0 spiro atoms. The van der Waals surface area contributed by atoms with Crippen LogP contribution in [0.5, 0.6) is 0 Å². The maximum atomic E-state index is 11.4. The van der Waals surface area contributed by atoms with Crippen LogP contribution in [0.3, 0.4) is 0 Å². The van der Waals surface area contributed by atoms with E-state index < -0.39 is 0 Å². The highest BCUT2D eigenvalue weighted by molar-refractivity contribution is 7.13. The summed E-state index contributed by atoms with van der Waals surface area (Å²) in [4.78, 5) is 16.1. The summed E-state index contributed by atoms with van der Waals surface area (Å²) in [6, 6.07) is 16.2. The summed E-state index contributed by atoms with van der Waals surface area (Å²) in [6.45, 7) is 0. The Labute approximate surface area is 126 Å². The van der Waals surface area contributed by atoms with Crippen LogP contribution in [0.15, 0.2) is 53.9 Å². The molecule has 1 N–H and O–H groups in total. The fraction of sp³-hybridized carbons (Fsp3) is 0.0588. The number of benzene rings is 2. The van der Waals surface area contributed by atoms with Crippen molar-refractivity contribution in [2.75, 3.05) is 5.32 Å². The number of carbonyl (C=O) groups excluding carboxylic acids is 1. The maximum Gasteiger partial charge on any atom is 0.228 e. The van der Waals surface area contributed by atoms with E-state index in [1.165, 1.54) is 0 Å². The van der Waals surface area contributed by atoms with Gasteiger partial charge in [-0.25, -0.2) is 4.98 Å². The molecule has 0 saturated carbocycles. The second-order valence-electron chi connectivity index (χ2n) is 5.00. The zero-order chi connectivity index (χ0) is 14.2. The Bertz CT molecular complexity index is 824. The number of hydrogen-bond donors (Lipinski definition) is 1. The van der Waals surface area contributed by atoms with E-state index in [9.17, 15) is 4.79 Å². The molecule has 0 unspecified atom stereocenters. The first-order valence-electron chi connectivity index (χ1n) is 6.74. The zero-order valence-electron chi connectivity index (χ0n) is 11.2. The normalized spacial score (nSPS) is 13.0. The molecule has 3 aromatic rings. The van der Waals surface area contributed by atoms with E-state index in [-0.39, 0.29) is 5.91 Å². The van der Waals surface area contributed by atoms with Crippen molar-refractivity contribution in [1.82, 2.24) is 4.98 Å². The van der Waals surface area contributed by atoms with Crippen molar-refractivity contribution < 1.29 is 4.79 Å². The van der Waals surface area contributed by atoms with Crippen LogP contribution in [0.25, 0.3) is 21.8 Å². The number of amides is 1. The number of nitrogens with one attached hydrogen (secondary N) is 1. The minimum absolute atomic E-state index is 0.0606. The van der Waals surface area contributed by atoms with Crippen molar-refractivity contribution in [2.45, 2.75) is 6.42 Å². The van der Waals surface area contributed by atoms with Crippen LogP contribution in [0.1, 0.15) is 5.56 Å². The summed E-state index contributed by atoms with van der Waals surface area (Å²) in [5.41, 5.74) is 5.08. The van der Waals surface area contributed by atoms with E-state index >= 15 is 0 Å². The van der Waals surface area contributed by atoms with Crippen LogP contribution >= 0.6 is 11.3 Å². The van der Waals surface area contributed by atoms with Gasteiger partial charge in [0, 0.05) is 22.2 Å². The molecule has 1 aliphatic heterocycles. The minimum Gasteiger partial charge on any atom is -0.326 e. The van der Waals surface area contributed by atoms with Gasteiger partial charge < -0.3 is 5.32 Å². The first-order valence-corrected chi connectivity index (χ1v) is 7.62. The van der Waals surface area contributed by atoms with Crippen LogP contribution in [0.2, 0.25) is 0 Å². The summed E-state index contributed by atoms with van der Waals surface area (Å²) in [6.07, 6.45) is 0.474. The highest BCUT2D eigenvalue weighted by Crippen LogP contribution is 2.32. The lowest BCUT2D eigenvalue weighted by atomic mass is 10.1. The second-order valence-corrected chi connectivity index (χ2v) is 5.86. The molecule has 0 fully saturated rings. The van der Waals surface area contributed by atoms with Gasteiger partial charge in [-0.3, -0.25) is 4.79 Å². The Balaban J connectivity index is 1.71. The smallest absolute Gasteiger partial charge is 0.228 e. The van der Waals surface area contributed by atoms with E-state index in [0.29, 0.717) is 6.42 Å². The van der Waals surface area contributed by atoms with Gasteiger partial charge in [0.05, 0.1) is 12.1 Å². The van der Waals surface area contributed by atoms with Gasteiger partial charge in [-0.2, -0.15) is 0 Å². The molecule has 4 rings (SSSR count). The highest BCUT2D eigenvalue weighted by atomic mass is 32.1. The van der Waals surface area contributed by atoms with Gasteiger partial charge in [0.25, 0.3) is 0 Å². The minimum atomic E-state index is 0.0606. The predicted octanol–water partition coefficient (Wildman–Crippen LogP) is 3.97. The average molecular weight is 292 g/mol. The quantitative estimate of drug-likeness (QED) is 0.776. The van der Waals surface area contributed by atoms with Crippen molar-refractivity contribution in [3.8, 4) is 21.8 Å². The average Bonchev–Trinajstić information content (AvgIpc) is 3.12. The van der Waals surface area contributed by atoms with Gasteiger partial charge in [-0.05, 0) is 11.6 Å². The SMILES string of the molecule is O=C1Cc2ccc(-c3csc(-c4ccccc4)n3)cc2N1. The van der Waals surface area contributed by atoms with Crippen molar-refractivity contribution >= 4 is 22.9 Å². The standard InChI is InChI=1S/C17H12N2OS/c20-16-9-13-7-6-12(8-14(13)18-16)15-10-21-17(19-15)11-4-2-1-3-5-11/h1-8,10H,9H2,(H,18,20). The Kier molecular flexibility index (Phi) is 2.82. The monoisotopic (exact) mass is 292 g/mol. The molecule has 4 heteroatoms. The van der Waals surface area contributed by atoms with Gasteiger partial charge in [-0.1, -0.05) is 42.5 Å². The van der Waals surface area contributed by atoms with E-state index in [0.717, 1.165) is 33.1 Å². The molecule has 0 saturated heterocycles. The van der Waals surface area contributed by atoms with Crippen LogP contribution in [-0.4, -0.2) is 10.9 Å². The number of rotatable bonds is 2. The van der Waals surface area contributed by atoms with Crippen LogP contribution in [-0.2, 0) is 11.2 Å². The number of carbonyl (C=O) groups is 1. The molecule has 1 amide bonds. The third-order valence-electron chi connectivity index (χ3n) is 3.56. The summed E-state index contributed by atoms with van der Waals surface area (Å²) in [5.74, 6) is 0.0606. The van der Waals surface area contributed by atoms with Gasteiger partial charge in [0.2, 0.25) is 5.91 Å². The first kappa shape index (κ1) is 12.3. The Morgan fingerprint density at radius 3 is 2.76 bits per heavy atom. The molecule has 2 heterocycles. The van der Waals surface area contributed by atoms with E-state index in [1.807, 2.05) is 36.4 Å². The topological polar surface area (TPSA) is 42.0 Å². The molecule has 1 aromatic heterocycles. The molecule has 0 atom stereocenters. The molecule has 2 aromatic carbocycles. The zero-order valence-corrected chi connectivity index (χ0v) is 12.0. The molecule has 3 nitrogen and oxygen atoms in total. The fourth-order valence-electron chi connectivity index (χ4n) is 2.49. The van der Waals surface area contributed by atoms with E-state index in [4.69, 9.17) is 4.98 Å². The second kappa shape index (κ2) is 4.82. The lowest BCUT2D eigenvalue weighted by molar-refractivity contribution is -0.115. The molecule has 0 radical (unpaired) electrons. The molecular weight excluding hydrogens is 280 g/mol. The molecule has 0 aliphatic carbocycles. The first-order chi connectivity index (χ1) is 10.3.